The molecule has 0 aliphatic rings. The Morgan fingerprint density at radius 3 is 2.76 bits per heavy atom. The Morgan fingerprint density at radius 2 is 2.18 bits per heavy atom. The van der Waals surface area contributed by atoms with E-state index in [1.165, 1.54) is 5.56 Å². The molecule has 0 heterocycles. The molecule has 3 N–H and O–H groups in total. The molecule has 1 aromatic carbocycles. The Morgan fingerprint density at radius 1 is 1.47 bits per heavy atom. The molecule has 0 bridgehead atoms. The van der Waals surface area contributed by atoms with E-state index in [-0.39, 0.29) is 0 Å². The molecule has 0 amide bonds. The van der Waals surface area contributed by atoms with Gasteiger partial charge in [0.1, 0.15) is 4.99 Å². The monoisotopic (exact) mass is 251 g/mol. The highest BCUT2D eigenvalue weighted by Crippen LogP contribution is 2.17. The number of thiocarbonyl (C=S) groups is 1. The Balaban J connectivity index is 2.67. The van der Waals surface area contributed by atoms with Gasteiger partial charge in [-0.25, -0.2) is 0 Å². The maximum absolute atomic E-state index is 5.72. The minimum Gasteiger partial charge on any atom is -0.389 e. The maximum atomic E-state index is 5.72. The Hall–Kier alpha value is -1.13. The second kappa shape index (κ2) is 6.57. The van der Waals surface area contributed by atoms with Gasteiger partial charge in [0.05, 0.1) is 0 Å². The molecular weight excluding hydrogens is 230 g/mol. The number of nitrogens with one attached hydrogen (secondary N) is 1. The molecule has 0 aliphatic heterocycles. The zero-order valence-corrected chi connectivity index (χ0v) is 11.6. The van der Waals surface area contributed by atoms with Gasteiger partial charge in [0.15, 0.2) is 0 Å². The van der Waals surface area contributed by atoms with E-state index in [0.717, 1.165) is 30.9 Å². The van der Waals surface area contributed by atoms with Gasteiger partial charge in [-0.05, 0) is 32.6 Å². The first-order valence-corrected chi connectivity index (χ1v) is 6.28. The summed E-state index contributed by atoms with van der Waals surface area (Å²) >= 11 is 5.06. The van der Waals surface area contributed by atoms with Crippen LogP contribution in [0.1, 0.15) is 18.1 Å². The standard InChI is InChI=1S/C13H21N3S/c1-4-16(3)8-7-15-12-6-5-10(2)9-11(12)13(14)17/h5-6,9,15H,4,7-8H2,1-3H3,(H2,14,17). The Bertz CT molecular complexity index is 390. The number of hydrogen-bond donors (Lipinski definition) is 2. The maximum Gasteiger partial charge on any atom is 0.106 e. The summed E-state index contributed by atoms with van der Waals surface area (Å²) in [6, 6.07) is 6.12. The van der Waals surface area contributed by atoms with Crippen LogP contribution in [-0.2, 0) is 0 Å². The first-order valence-electron chi connectivity index (χ1n) is 5.87. The third kappa shape index (κ3) is 4.32. The topological polar surface area (TPSA) is 41.3 Å². The summed E-state index contributed by atoms with van der Waals surface area (Å²) in [6.07, 6.45) is 0. The molecule has 0 spiro atoms. The lowest BCUT2D eigenvalue weighted by Crippen LogP contribution is -2.25. The lowest BCUT2D eigenvalue weighted by Gasteiger charge is -2.16. The molecule has 0 unspecified atom stereocenters. The zero-order chi connectivity index (χ0) is 12.8. The molecule has 0 atom stereocenters. The van der Waals surface area contributed by atoms with Crippen LogP contribution < -0.4 is 11.1 Å². The summed E-state index contributed by atoms with van der Waals surface area (Å²) in [5.74, 6) is 0. The molecule has 1 aromatic rings. The fourth-order valence-corrected chi connectivity index (χ4v) is 1.72. The smallest absolute Gasteiger partial charge is 0.106 e. The zero-order valence-electron chi connectivity index (χ0n) is 10.8. The van der Waals surface area contributed by atoms with E-state index in [1.807, 2.05) is 19.1 Å². The van der Waals surface area contributed by atoms with Gasteiger partial charge in [-0.15, -0.1) is 0 Å². The molecule has 0 aliphatic carbocycles. The van der Waals surface area contributed by atoms with Gasteiger partial charge in [0.2, 0.25) is 0 Å². The number of hydrogen-bond acceptors (Lipinski definition) is 3. The minimum absolute atomic E-state index is 0.444. The van der Waals surface area contributed by atoms with E-state index in [1.54, 1.807) is 0 Å². The van der Waals surface area contributed by atoms with E-state index < -0.39 is 0 Å². The van der Waals surface area contributed by atoms with E-state index in [2.05, 4.69) is 30.3 Å². The van der Waals surface area contributed by atoms with E-state index in [0.29, 0.717) is 4.99 Å². The SMILES string of the molecule is CCN(C)CCNc1ccc(C)cc1C(N)=S. The summed E-state index contributed by atoms with van der Waals surface area (Å²) in [5.41, 5.74) is 8.84. The van der Waals surface area contributed by atoms with Crippen LogP contribution >= 0.6 is 12.2 Å². The van der Waals surface area contributed by atoms with E-state index in [9.17, 15) is 0 Å². The van der Waals surface area contributed by atoms with Crippen molar-refractivity contribution in [1.82, 2.24) is 4.90 Å². The van der Waals surface area contributed by atoms with Crippen molar-refractivity contribution < 1.29 is 0 Å². The quantitative estimate of drug-likeness (QED) is 0.759. The first kappa shape index (κ1) is 13.9. The first-order chi connectivity index (χ1) is 8.04. The fraction of sp³-hybridized carbons (Fsp3) is 0.462. The Labute approximate surface area is 109 Å². The third-order valence-corrected chi connectivity index (χ3v) is 3.01. The van der Waals surface area contributed by atoms with Crippen LogP contribution in [0.4, 0.5) is 5.69 Å². The van der Waals surface area contributed by atoms with E-state index in [4.69, 9.17) is 18.0 Å². The van der Waals surface area contributed by atoms with Crippen molar-refractivity contribution in [2.24, 2.45) is 5.73 Å². The molecule has 0 saturated carbocycles. The van der Waals surface area contributed by atoms with Crippen molar-refractivity contribution in [3.05, 3.63) is 29.3 Å². The number of nitrogens with two attached hydrogens (primary N) is 1. The highest BCUT2D eigenvalue weighted by molar-refractivity contribution is 7.80. The lowest BCUT2D eigenvalue weighted by atomic mass is 10.1. The summed E-state index contributed by atoms with van der Waals surface area (Å²) in [7, 11) is 2.10. The second-order valence-electron chi connectivity index (χ2n) is 4.24. The van der Waals surface area contributed by atoms with Crippen molar-refractivity contribution in [2.75, 3.05) is 32.0 Å². The number of nitrogens with zero attached hydrogens (tertiary/aromatic N) is 1. The van der Waals surface area contributed by atoms with E-state index >= 15 is 0 Å². The minimum atomic E-state index is 0.444. The normalized spacial score (nSPS) is 10.6. The lowest BCUT2D eigenvalue weighted by molar-refractivity contribution is 0.367. The van der Waals surface area contributed by atoms with Gasteiger partial charge in [-0.2, -0.15) is 0 Å². The van der Waals surface area contributed by atoms with Crippen molar-refractivity contribution >= 4 is 22.9 Å². The number of rotatable bonds is 6. The molecule has 1 rings (SSSR count). The third-order valence-electron chi connectivity index (χ3n) is 2.79. The van der Waals surface area contributed by atoms with Crippen LogP contribution in [0.5, 0.6) is 0 Å². The van der Waals surface area contributed by atoms with Crippen molar-refractivity contribution in [2.45, 2.75) is 13.8 Å². The second-order valence-corrected chi connectivity index (χ2v) is 4.68. The predicted octanol–water partition coefficient (Wildman–Crippen LogP) is 1.99. The average molecular weight is 251 g/mol. The van der Waals surface area contributed by atoms with Gasteiger partial charge in [-0.3, -0.25) is 0 Å². The number of likely N-dealkylation sites (N-methyl/N-ethyl adjacent to an activating group) is 1. The molecule has 4 heteroatoms. The largest absolute Gasteiger partial charge is 0.389 e. The van der Waals surface area contributed by atoms with Crippen LogP contribution in [-0.4, -0.2) is 36.6 Å². The highest BCUT2D eigenvalue weighted by Gasteiger charge is 2.05. The summed E-state index contributed by atoms with van der Waals surface area (Å²) in [5, 5.41) is 3.38. The fourth-order valence-electron chi connectivity index (χ4n) is 1.56. The predicted molar refractivity (Wildman–Crippen MR) is 78.7 cm³/mol. The van der Waals surface area contributed by atoms with Gasteiger partial charge in [0.25, 0.3) is 0 Å². The van der Waals surface area contributed by atoms with Crippen molar-refractivity contribution in [3.8, 4) is 0 Å². The Kier molecular flexibility index (Phi) is 5.38. The van der Waals surface area contributed by atoms with Crippen molar-refractivity contribution in [3.63, 3.8) is 0 Å². The van der Waals surface area contributed by atoms with Gasteiger partial charge < -0.3 is 16.0 Å². The number of anilines is 1. The molecule has 0 saturated heterocycles. The van der Waals surface area contributed by atoms with Gasteiger partial charge >= 0.3 is 0 Å². The molecule has 3 nitrogen and oxygen atoms in total. The molecule has 17 heavy (non-hydrogen) atoms. The number of benzene rings is 1. The summed E-state index contributed by atoms with van der Waals surface area (Å²) < 4.78 is 0. The highest BCUT2D eigenvalue weighted by atomic mass is 32.1. The average Bonchev–Trinajstić information content (AvgIpc) is 2.30. The van der Waals surface area contributed by atoms with Crippen LogP contribution in [0.3, 0.4) is 0 Å². The van der Waals surface area contributed by atoms with Crippen LogP contribution in [0.15, 0.2) is 18.2 Å². The molecule has 0 fully saturated rings. The van der Waals surface area contributed by atoms with Gasteiger partial charge in [0, 0.05) is 24.3 Å². The summed E-state index contributed by atoms with van der Waals surface area (Å²) in [6.45, 7) is 7.13. The van der Waals surface area contributed by atoms with Crippen LogP contribution in [0.25, 0.3) is 0 Å². The summed E-state index contributed by atoms with van der Waals surface area (Å²) in [4.78, 5) is 2.70. The molecule has 0 aromatic heterocycles. The van der Waals surface area contributed by atoms with Gasteiger partial charge in [-0.1, -0.05) is 30.8 Å². The van der Waals surface area contributed by atoms with Crippen LogP contribution in [0, 0.1) is 6.92 Å². The molecule has 94 valence electrons. The number of aryl methyl sites for hydroxylation is 1. The molecule has 0 radical (unpaired) electrons. The molecular formula is C13H21N3S. The van der Waals surface area contributed by atoms with Crippen molar-refractivity contribution in [1.29, 1.82) is 0 Å². The van der Waals surface area contributed by atoms with Crippen LogP contribution in [0.2, 0.25) is 0 Å².